The molecule has 10 heavy (non-hydrogen) atoms. The summed E-state index contributed by atoms with van der Waals surface area (Å²) in [7, 11) is -4.37. The summed E-state index contributed by atoms with van der Waals surface area (Å²) >= 11 is 0. The van der Waals surface area contributed by atoms with Crippen molar-refractivity contribution in [1.29, 1.82) is 0 Å². The van der Waals surface area contributed by atoms with E-state index in [9.17, 15) is 14.7 Å². The Hall–Kier alpha value is 1.11. The van der Waals surface area contributed by atoms with E-state index in [2.05, 4.69) is 0 Å². The van der Waals surface area contributed by atoms with Gasteiger partial charge in [0.15, 0.2) is 0 Å². The monoisotopic (exact) mass is 270 g/mol. The molecule has 0 aromatic carbocycles. The molecule has 58 valence electrons. The van der Waals surface area contributed by atoms with Crippen molar-refractivity contribution >= 4 is 31.9 Å². The maximum Gasteiger partial charge on any atom is 2.00 e. The maximum atomic E-state index is 10.4. The summed E-state index contributed by atoms with van der Waals surface area (Å²) < 4.78 is 0. The zero-order valence-electron chi connectivity index (χ0n) is 6.38. The van der Waals surface area contributed by atoms with Crippen LogP contribution in [0.4, 0.5) is 0 Å². The van der Waals surface area contributed by atoms with Crippen LogP contribution in [-0.2, 0) is 0 Å². The van der Waals surface area contributed by atoms with Gasteiger partial charge in [0.2, 0.25) is 0 Å². The first-order valence-corrected chi connectivity index (χ1v) is 4.37. The van der Waals surface area contributed by atoms with Crippen LogP contribution in [0, 0.1) is 0 Å². The molecule has 0 amide bonds. The Morgan fingerprint density at radius 2 is 1.50 bits per heavy atom. The van der Waals surface area contributed by atoms with Crippen molar-refractivity contribution in [2.24, 2.45) is 0 Å². The van der Waals surface area contributed by atoms with Crippen LogP contribution in [0.1, 0.15) is 27.2 Å². The second kappa shape index (κ2) is 4.21. The summed E-state index contributed by atoms with van der Waals surface area (Å²) in [5.74, 6) is 0. The molecule has 0 aromatic heterocycles. The van der Waals surface area contributed by atoms with E-state index >= 15 is 0 Å². The predicted octanol–water partition coefficient (Wildman–Crippen LogP) is -1.36. The van der Waals surface area contributed by atoms with E-state index in [0.717, 1.165) is 0 Å². The van der Waals surface area contributed by atoms with Crippen molar-refractivity contribution in [3.05, 3.63) is 0 Å². The summed E-state index contributed by atoms with van der Waals surface area (Å²) in [5, 5.41) is -1.08. The van der Waals surface area contributed by atoms with E-state index in [1.165, 1.54) is 13.8 Å². The first-order valence-electron chi connectivity index (χ1n) is 2.83. The van der Waals surface area contributed by atoms with Gasteiger partial charge in [-0.05, 0) is 20.3 Å². The Balaban J connectivity index is 0. The molecule has 0 rings (SSSR count). The minimum atomic E-state index is -4.37. The third-order valence-electron chi connectivity index (χ3n) is 1.61. The van der Waals surface area contributed by atoms with Gasteiger partial charge in [-0.3, -0.25) is 0 Å². The number of hydrogen-bond donors (Lipinski definition) is 0. The van der Waals surface area contributed by atoms with Crippen LogP contribution in [0.15, 0.2) is 0 Å². The molecule has 0 spiro atoms. The van der Waals surface area contributed by atoms with E-state index in [0.29, 0.717) is 6.42 Å². The van der Waals surface area contributed by atoms with Gasteiger partial charge in [0.1, 0.15) is 0 Å². The largest absolute Gasteiger partial charge is 2.00 e. The van der Waals surface area contributed by atoms with Gasteiger partial charge in [0.05, 0.1) is 5.16 Å². The molecule has 0 bridgehead atoms. The van der Waals surface area contributed by atoms with Crippen molar-refractivity contribution in [3.8, 4) is 0 Å². The van der Waals surface area contributed by atoms with Crippen LogP contribution < -0.4 is 14.7 Å². The van der Waals surface area contributed by atoms with Crippen LogP contribution >= 0.6 is 7.94 Å². The zero-order valence-corrected chi connectivity index (χ0v) is 10.1. The smallest absolute Gasteiger partial charge is 0.687 e. The fraction of sp³-hybridized carbons (Fsp3) is 1.00. The predicted molar refractivity (Wildman–Crippen MR) is 37.0 cm³/mol. The minimum Gasteiger partial charge on any atom is -0.687 e. The van der Waals surface area contributed by atoms with Gasteiger partial charge >= 0.3 is 23.9 Å². The molecule has 0 heterocycles. The summed E-state index contributed by atoms with van der Waals surface area (Å²) in [4.78, 5) is 31.1. The van der Waals surface area contributed by atoms with Gasteiger partial charge in [-0.1, -0.05) is 6.92 Å². The number of hydrogen-bond acceptors (Lipinski definition) is 3. The molecule has 0 saturated heterocycles. The van der Waals surface area contributed by atoms with E-state index < -0.39 is 13.1 Å². The SMILES string of the molecule is CCC(C)(C)[P+]([O-])([O-])[O-].[Sn+2]. The molecule has 0 unspecified atom stereocenters. The molecule has 0 aliphatic heterocycles. The fourth-order valence-corrected chi connectivity index (χ4v) is 0.581. The molecule has 3 nitrogen and oxygen atoms in total. The van der Waals surface area contributed by atoms with Crippen LogP contribution in [0.25, 0.3) is 0 Å². The van der Waals surface area contributed by atoms with Crippen molar-refractivity contribution in [1.82, 2.24) is 0 Å². The Morgan fingerprint density at radius 1 is 1.20 bits per heavy atom. The van der Waals surface area contributed by atoms with Crippen molar-refractivity contribution in [3.63, 3.8) is 0 Å². The first kappa shape index (κ1) is 13.7. The fourth-order valence-electron chi connectivity index (χ4n) is 0.194. The topological polar surface area (TPSA) is 69.2 Å². The average Bonchev–Trinajstić information content (AvgIpc) is 1.64. The second-order valence-electron chi connectivity index (χ2n) is 2.66. The molecule has 2 radical (unpaired) electrons. The van der Waals surface area contributed by atoms with Crippen molar-refractivity contribution < 1.29 is 14.7 Å². The van der Waals surface area contributed by atoms with Crippen LogP contribution in [0.2, 0.25) is 0 Å². The van der Waals surface area contributed by atoms with E-state index in [4.69, 9.17) is 0 Å². The summed E-state index contributed by atoms with van der Waals surface area (Å²) in [5.41, 5.74) is 0. The standard InChI is InChI=1S/C5H13O3P.Sn/c1-4-5(2,3)9(6,7)8;/h4H2,1-3H3,(H2,6,7,8);/q;+2/p-2. The first-order chi connectivity index (χ1) is 3.81. The van der Waals surface area contributed by atoms with Gasteiger partial charge in [-0.2, -0.15) is 7.94 Å². The van der Waals surface area contributed by atoms with Crippen LogP contribution in [0.5, 0.6) is 0 Å². The summed E-state index contributed by atoms with van der Waals surface area (Å²) in [6.45, 7) is 4.56. The summed E-state index contributed by atoms with van der Waals surface area (Å²) in [6.07, 6.45) is 0.372. The third kappa shape index (κ3) is 3.49. The molecule has 0 aliphatic rings. The Kier molecular flexibility index (Phi) is 5.76. The minimum absolute atomic E-state index is 0. The molecule has 5 heteroatoms. The van der Waals surface area contributed by atoms with E-state index in [1.54, 1.807) is 6.92 Å². The van der Waals surface area contributed by atoms with Gasteiger partial charge in [0.25, 0.3) is 0 Å². The molecule has 0 N–H and O–H groups in total. The van der Waals surface area contributed by atoms with Crippen molar-refractivity contribution in [2.75, 3.05) is 0 Å². The average molecular weight is 269 g/mol. The zero-order chi connectivity index (χ0) is 7.71. The Bertz CT molecular complexity index is 99.6. The van der Waals surface area contributed by atoms with Crippen LogP contribution in [-0.4, -0.2) is 29.1 Å². The molecular formula is C5H11O3PSn. The van der Waals surface area contributed by atoms with Gasteiger partial charge < -0.3 is 14.7 Å². The second-order valence-corrected chi connectivity index (χ2v) is 4.87. The summed E-state index contributed by atoms with van der Waals surface area (Å²) in [6, 6.07) is 0. The molecular weight excluding hydrogens is 258 g/mol. The molecule has 0 aromatic rings. The third-order valence-corrected chi connectivity index (χ3v) is 3.41. The van der Waals surface area contributed by atoms with Crippen molar-refractivity contribution in [2.45, 2.75) is 32.3 Å². The van der Waals surface area contributed by atoms with Gasteiger partial charge in [-0.25, -0.2) is 0 Å². The Morgan fingerprint density at radius 3 is 1.50 bits per heavy atom. The quantitative estimate of drug-likeness (QED) is 0.459. The maximum absolute atomic E-state index is 10.4. The number of rotatable bonds is 2. The molecule has 0 fully saturated rings. The van der Waals surface area contributed by atoms with Gasteiger partial charge in [-0.15, -0.1) is 0 Å². The van der Waals surface area contributed by atoms with Crippen LogP contribution in [0.3, 0.4) is 0 Å². The van der Waals surface area contributed by atoms with E-state index in [-0.39, 0.29) is 23.9 Å². The normalized spacial score (nSPS) is 12.6. The molecule has 0 saturated carbocycles. The molecule has 0 aliphatic carbocycles. The Labute approximate surface area is 79.0 Å². The van der Waals surface area contributed by atoms with Gasteiger partial charge in [0, 0.05) is 0 Å². The molecule has 0 atom stereocenters. The van der Waals surface area contributed by atoms with E-state index in [1.807, 2.05) is 0 Å².